The van der Waals surface area contributed by atoms with Crippen LogP contribution < -0.4 is 11.1 Å². The van der Waals surface area contributed by atoms with Gasteiger partial charge in [0.25, 0.3) is 0 Å². The van der Waals surface area contributed by atoms with Gasteiger partial charge >= 0.3 is 6.18 Å². The summed E-state index contributed by atoms with van der Waals surface area (Å²) < 4.78 is 37.3. The van der Waals surface area contributed by atoms with Crippen LogP contribution in [0.2, 0.25) is 0 Å². The smallest absolute Gasteiger partial charge is 0.363 e. The highest BCUT2D eigenvalue weighted by Gasteiger charge is 2.41. The number of rotatable bonds is 3. The Labute approximate surface area is 90.9 Å². The van der Waals surface area contributed by atoms with E-state index in [1.54, 1.807) is 0 Å². The van der Waals surface area contributed by atoms with Gasteiger partial charge in [-0.2, -0.15) is 13.2 Å². The maximum absolute atomic E-state index is 12.4. The monoisotopic (exact) mass is 231 g/mol. The molecule has 0 amide bonds. The minimum Gasteiger partial charge on any atom is -0.363 e. The van der Waals surface area contributed by atoms with E-state index in [0.717, 1.165) is 31.2 Å². The summed E-state index contributed by atoms with van der Waals surface area (Å²) in [5, 5.41) is 2.96. The van der Waals surface area contributed by atoms with Crippen LogP contribution in [0.5, 0.6) is 0 Å². The Morgan fingerprint density at radius 2 is 2.12 bits per heavy atom. The zero-order valence-corrected chi connectivity index (χ0v) is 8.51. The molecule has 0 aromatic carbocycles. The molecule has 0 bridgehead atoms. The summed E-state index contributed by atoms with van der Waals surface area (Å²) in [5.74, 6) is 0.234. The van der Waals surface area contributed by atoms with Gasteiger partial charge < -0.3 is 11.1 Å². The predicted octanol–water partition coefficient (Wildman–Crippen LogP) is 2.00. The topological polar surface area (TPSA) is 50.9 Å². The SMILES string of the molecule is NCC1(Nc2cc(C(F)(F)F)ccn2)CC1. The van der Waals surface area contributed by atoms with Crippen molar-refractivity contribution in [2.24, 2.45) is 5.73 Å². The van der Waals surface area contributed by atoms with Gasteiger partial charge in [-0.1, -0.05) is 0 Å². The maximum atomic E-state index is 12.4. The quantitative estimate of drug-likeness (QED) is 0.836. The first-order valence-corrected chi connectivity index (χ1v) is 4.97. The van der Waals surface area contributed by atoms with Crippen molar-refractivity contribution in [3.8, 4) is 0 Å². The van der Waals surface area contributed by atoms with E-state index in [-0.39, 0.29) is 11.4 Å². The zero-order chi connectivity index (χ0) is 11.8. The largest absolute Gasteiger partial charge is 0.416 e. The van der Waals surface area contributed by atoms with Crippen molar-refractivity contribution in [2.75, 3.05) is 11.9 Å². The third-order valence-electron chi connectivity index (χ3n) is 2.72. The van der Waals surface area contributed by atoms with E-state index in [4.69, 9.17) is 5.73 Å². The van der Waals surface area contributed by atoms with Crippen LogP contribution in [0, 0.1) is 0 Å². The zero-order valence-electron chi connectivity index (χ0n) is 8.51. The summed E-state index contributed by atoms with van der Waals surface area (Å²) in [6.07, 6.45) is -1.43. The molecule has 2 rings (SSSR count). The Balaban J connectivity index is 2.17. The lowest BCUT2D eigenvalue weighted by molar-refractivity contribution is -0.137. The highest BCUT2D eigenvalue weighted by atomic mass is 19.4. The molecular weight excluding hydrogens is 219 g/mol. The minimum absolute atomic E-state index is 0.234. The summed E-state index contributed by atoms with van der Waals surface area (Å²) >= 11 is 0. The molecule has 1 aliphatic carbocycles. The van der Waals surface area contributed by atoms with Crippen LogP contribution >= 0.6 is 0 Å². The highest BCUT2D eigenvalue weighted by Crippen LogP contribution is 2.38. The number of hydrogen-bond donors (Lipinski definition) is 2. The Kier molecular flexibility index (Phi) is 2.53. The summed E-state index contributed by atoms with van der Waals surface area (Å²) in [4.78, 5) is 3.86. The predicted molar refractivity (Wildman–Crippen MR) is 53.9 cm³/mol. The Bertz CT molecular complexity index is 385. The molecule has 1 saturated carbocycles. The van der Waals surface area contributed by atoms with Crippen molar-refractivity contribution in [2.45, 2.75) is 24.6 Å². The van der Waals surface area contributed by atoms with E-state index < -0.39 is 11.7 Å². The van der Waals surface area contributed by atoms with Gasteiger partial charge in [0.2, 0.25) is 0 Å². The van der Waals surface area contributed by atoms with Crippen molar-refractivity contribution in [3.05, 3.63) is 23.9 Å². The summed E-state index contributed by atoms with van der Waals surface area (Å²) in [7, 11) is 0. The lowest BCUT2D eigenvalue weighted by Gasteiger charge is -2.16. The number of nitrogens with two attached hydrogens (primary N) is 1. The first kappa shape index (κ1) is 11.2. The highest BCUT2D eigenvalue weighted by molar-refractivity contribution is 5.43. The number of pyridine rings is 1. The molecular formula is C10H12F3N3. The molecule has 3 N–H and O–H groups in total. The molecule has 1 heterocycles. The van der Waals surface area contributed by atoms with Crippen LogP contribution in [0.4, 0.5) is 19.0 Å². The fourth-order valence-electron chi connectivity index (χ4n) is 1.48. The normalized spacial score (nSPS) is 18.2. The summed E-state index contributed by atoms with van der Waals surface area (Å²) in [6, 6.07) is 1.96. The van der Waals surface area contributed by atoms with Gasteiger partial charge in [0.05, 0.1) is 11.1 Å². The van der Waals surface area contributed by atoms with Crippen molar-refractivity contribution in [1.82, 2.24) is 4.98 Å². The van der Waals surface area contributed by atoms with E-state index in [0.29, 0.717) is 6.54 Å². The summed E-state index contributed by atoms with van der Waals surface area (Å²) in [6.45, 7) is 0.408. The van der Waals surface area contributed by atoms with Gasteiger partial charge in [-0.3, -0.25) is 0 Å². The number of nitrogens with one attached hydrogen (secondary N) is 1. The molecule has 3 nitrogen and oxygen atoms in total. The standard InChI is InChI=1S/C10H12F3N3/c11-10(12,13)7-1-4-15-8(5-7)16-9(6-14)2-3-9/h1,4-5H,2-3,6,14H2,(H,15,16). The first-order chi connectivity index (χ1) is 7.45. The van der Waals surface area contributed by atoms with Crippen LogP contribution in [0.25, 0.3) is 0 Å². The molecule has 0 saturated heterocycles. The van der Waals surface area contributed by atoms with Gasteiger partial charge in [0.1, 0.15) is 5.82 Å². The number of alkyl halides is 3. The Morgan fingerprint density at radius 3 is 2.62 bits per heavy atom. The lowest BCUT2D eigenvalue weighted by atomic mass is 10.2. The number of halogens is 3. The minimum atomic E-state index is -4.33. The van der Waals surface area contributed by atoms with Crippen molar-refractivity contribution < 1.29 is 13.2 Å². The molecule has 0 atom stereocenters. The van der Waals surface area contributed by atoms with E-state index >= 15 is 0 Å². The lowest BCUT2D eigenvalue weighted by Crippen LogP contribution is -2.31. The average molecular weight is 231 g/mol. The molecule has 0 spiro atoms. The number of nitrogens with zero attached hydrogens (tertiary/aromatic N) is 1. The van der Waals surface area contributed by atoms with Crippen LogP contribution in [0.15, 0.2) is 18.3 Å². The molecule has 88 valence electrons. The van der Waals surface area contributed by atoms with Crippen LogP contribution in [-0.2, 0) is 6.18 Å². The molecule has 6 heteroatoms. The van der Waals surface area contributed by atoms with E-state index in [2.05, 4.69) is 10.3 Å². The van der Waals surface area contributed by atoms with Crippen molar-refractivity contribution in [1.29, 1.82) is 0 Å². The fraction of sp³-hybridized carbons (Fsp3) is 0.500. The van der Waals surface area contributed by atoms with Gasteiger partial charge in [-0.05, 0) is 25.0 Å². The second-order valence-corrected chi connectivity index (χ2v) is 4.04. The average Bonchev–Trinajstić information content (AvgIpc) is 2.98. The van der Waals surface area contributed by atoms with Crippen molar-refractivity contribution >= 4 is 5.82 Å². The van der Waals surface area contributed by atoms with E-state index in [1.807, 2.05) is 0 Å². The number of hydrogen-bond acceptors (Lipinski definition) is 3. The molecule has 1 fully saturated rings. The molecule has 1 aromatic heterocycles. The summed E-state index contributed by atoms with van der Waals surface area (Å²) in [5.41, 5.74) is 4.59. The molecule has 0 aliphatic heterocycles. The van der Waals surface area contributed by atoms with Gasteiger partial charge in [-0.15, -0.1) is 0 Å². The third-order valence-corrected chi connectivity index (χ3v) is 2.72. The second-order valence-electron chi connectivity index (χ2n) is 4.04. The van der Waals surface area contributed by atoms with Gasteiger partial charge in [-0.25, -0.2) is 4.98 Å². The van der Waals surface area contributed by atoms with Crippen molar-refractivity contribution in [3.63, 3.8) is 0 Å². The molecule has 1 aliphatic rings. The maximum Gasteiger partial charge on any atom is 0.416 e. The number of anilines is 1. The molecule has 16 heavy (non-hydrogen) atoms. The van der Waals surface area contributed by atoms with E-state index in [1.165, 1.54) is 0 Å². The van der Waals surface area contributed by atoms with Crippen LogP contribution in [0.3, 0.4) is 0 Å². The Morgan fingerprint density at radius 1 is 1.44 bits per heavy atom. The Hall–Kier alpha value is -1.30. The molecule has 0 unspecified atom stereocenters. The fourth-order valence-corrected chi connectivity index (χ4v) is 1.48. The van der Waals surface area contributed by atoms with E-state index in [9.17, 15) is 13.2 Å². The van der Waals surface area contributed by atoms with Gasteiger partial charge in [0, 0.05) is 12.7 Å². The molecule has 0 radical (unpaired) electrons. The third kappa shape index (κ3) is 2.27. The van der Waals surface area contributed by atoms with Crippen LogP contribution in [0.1, 0.15) is 18.4 Å². The molecule has 1 aromatic rings. The first-order valence-electron chi connectivity index (χ1n) is 4.97. The van der Waals surface area contributed by atoms with Gasteiger partial charge in [0.15, 0.2) is 0 Å². The van der Waals surface area contributed by atoms with Crippen LogP contribution in [-0.4, -0.2) is 17.1 Å². The number of aromatic nitrogens is 1. The second kappa shape index (κ2) is 3.62.